The van der Waals surface area contributed by atoms with E-state index in [0.29, 0.717) is 11.4 Å². The average Bonchev–Trinajstić information content (AvgIpc) is 2.44. The van der Waals surface area contributed by atoms with E-state index >= 15 is 0 Å². The van der Waals surface area contributed by atoms with Crippen LogP contribution in [0, 0.1) is 11.6 Å². The van der Waals surface area contributed by atoms with Gasteiger partial charge in [0.25, 0.3) is 0 Å². The molecule has 0 bridgehead atoms. The fourth-order valence-electron chi connectivity index (χ4n) is 2.00. The first kappa shape index (κ1) is 12.3. The van der Waals surface area contributed by atoms with Crippen LogP contribution in [0.4, 0.5) is 25.8 Å². The summed E-state index contributed by atoms with van der Waals surface area (Å²) < 4.78 is 26.1. The summed E-state index contributed by atoms with van der Waals surface area (Å²) in [6.45, 7) is 0. The molecule has 3 nitrogen and oxygen atoms in total. The van der Waals surface area contributed by atoms with Crippen molar-refractivity contribution < 1.29 is 8.78 Å². The largest absolute Gasteiger partial charge is 0.399 e. The van der Waals surface area contributed by atoms with E-state index in [9.17, 15) is 8.78 Å². The van der Waals surface area contributed by atoms with Crippen LogP contribution < -0.4 is 11.1 Å². The van der Waals surface area contributed by atoms with Gasteiger partial charge in [0.05, 0.1) is 5.52 Å². The maximum absolute atomic E-state index is 13.2. The number of halogens is 2. The van der Waals surface area contributed by atoms with Gasteiger partial charge >= 0.3 is 0 Å². The zero-order valence-corrected chi connectivity index (χ0v) is 10.4. The number of fused-ring (bicyclic) bond motifs is 1. The van der Waals surface area contributed by atoms with Crippen LogP contribution in [0.25, 0.3) is 10.9 Å². The zero-order valence-electron chi connectivity index (χ0n) is 10.4. The molecular formula is C15H11F2N3. The van der Waals surface area contributed by atoms with Crippen molar-refractivity contribution in [2.24, 2.45) is 0 Å². The Kier molecular flexibility index (Phi) is 2.95. The molecule has 3 N–H and O–H groups in total. The van der Waals surface area contributed by atoms with E-state index < -0.39 is 11.6 Å². The van der Waals surface area contributed by atoms with Crippen LogP contribution in [0.1, 0.15) is 0 Å². The molecule has 0 saturated heterocycles. The van der Waals surface area contributed by atoms with E-state index in [1.54, 1.807) is 30.5 Å². The Hall–Kier alpha value is -2.69. The van der Waals surface area contributed by atoms with Gasteiger partial charge < -0.3 is 11.1 Å². The highest BCUT2D eigenvalue weighted by Gasteiger charge is 2.06. The molecule has 5 heteroatoms. The van der Waals surface area contributed by atoms with Gasteiger partial charge in [0, 0.05) is 34.7 Å². The SMILES string of the molecule is Nc1ccc2nccc(Nc3ccc(F)c(F)c3)c2c1. The first-order chi connectivity index (χ1) is 9.63. The number of hydrogen-bond donors (Lipinski definition) is 2. The molecule has 1 aromatic heterocycles. The lowest BCUT2D eigenvalue weighted by atomic mass is 10.1. The van der Waals surface area contributed by atoms with Crippen LogP contribution in [-0.4, -0.2) is 4.98 Å². The Morgan fingerprint density at radius 1 is 0.950 bits per heavy atom. The molecule has 3 aromatic rings. The number of benzene rings is 2. The van der Waals surface area contributed by atoms with Crippen molar-refractivity contribution in [1.82, 2.24) is 4.98 Å². The quantitative estimate of drug-likeness (QED) is 0.696. The number of rotatable bonds is 2. The average molecular weight is 271 g/mol. The Balaban J connectivity index is 2.05. The van der Waals surface area contributed by atoms with E-state index in [4.69, 9.17) is 5.73 Å². The van der Waals surface area contributed by atoms with E-state index in [-0.39, 0.29) is 0 Å². The molecule has 0 fully saturated rings. The third kappa shape index (κ3) is 2.25. The normalized spacial score (nSPS) is 10.7. The second kappa shape index (κ2) is 4.77. The zero-order chi connectivity index (χ0) is 14.1. The molecule has 2 aromatic carbocycles. The van der Waals surface area contributed by atoms with Crippen LogP contribution in [0.5, 0.6) is 0 Å². The molecule has 0 spiro atoms. The fourth-order valence-corrected chi connectivity index (χ4v) is 2.00. The van der Waals surface area contributed by atoms with Crippen molar-refractivity contribution in [3.63, 3.8) is 0 Å². The van der Waals surface area contributed by atoms with Crippen molar-refractivity contribution in [2.75, 3.05) is 11.1 Å². The number of nitrogens with zero attached hydrogens (tertiary/aromatic N) is 1. The number of anilines is 3. The fraction of sp³-hybridized carbons (Fsp3) is 0. The molecule has 1 heterocycles. The van der Waals surface area contributed by atoms with Crippen LogP contribution >= 0.6 is 0 Å². The van der Waals surface area contributed by atoms with Crippen molar-refractivity contribution in [2.45, 2.75) is 0 Å². The van der Waals surface area contributed by atoms with E-state index in [1.807, 2.05) is 0 Å². The predicted octanol–water partition coefficient (Wildman–Crippen LogP) is 3.84. The summed E-state index contributed by atoms with van der Waals surface area (Å²) in [7, 11) is 0. The van der Waals surface area contributed by atoms with Gasteiger partial charge in [0.1, 0.15) is 0 Å². The van der Waals surface area contributed by atoms with E-state index in [0.717, 1.165) is 28.7 Å². The summed E-state index contributed by atoms with van der Waals surface area (Å²) in [6, 6.07) is 10.8. The number of aromatic nitrogens is 1. The lowest BCUT2D eigenvalue weighted by molar-refractivity contribution is 0.509. The van der Waals surface area contributed by atoms with Crippen LogP contribution in [-0.2, 0) is 0 Å². The molecule has 0 amide bonds. The minimum atomic E-state index is -0.895. The first-order valence-electron chi connectivity index (χ1n) is 6.00. The highest BCUT2D eigenvalue weighted by molar-refractivity contribution is 5.94. The summed E-state index contributed by atoms with van der Waals surface area (Å²) in [5.74, 6) is -1.77. The Labute approximate surface area is 114 Å². The van der Waals surface area contributed by atoms with Crippen LogP contribution in [0.15, 0.2) is 48.7 Å². The lowest BCUT2D eigenvalue weighted by Gasteiger charge is -2.10. The molecular weight excluding hydrogens is 260 g/mol. The number of pyridine rings is 1. The number of nitrogens with one attached hydrogen (secondary N) is 1. The molecule has 0 aliphatic heterocycles. The number of nitrogens with two attached hydrogens (primary N) is 1. The van der Waals surface area contributed by atoms with Gasteiger partial charge in [-0.15, -0.1) is 0 Å². The van der Waals surface area contributed by atoms with E-state index in [1.165, 1.54) is 6.07 Å². The minimum Gasteiger partial charge on any atom is -0.399 e. The summed E-state index contributed by atoms with van der Waals surface area (Å²) in [6.07, 6.45) is 1.64. The summed E-state index contributed by atoms with van der Waals surface area (Å²) in [4.78, 5) is 4.23. The maximum Gasteiger partial charge on any atom is 0.160 e. The molecule has 0 aliphatic rings. The van der Waals surface area contributed by atoms with Crippen LogP contribution in [0.3, 0.4) is 0 Å². The predicted molar refractivity (Wildman–Crippen MR) is 75.8 cm³/mol. The minimum absolute atomic E-state index is 0.457. The second-order valence-electron chi connectivity index (χ2n) is 4.39. The smallest absolute Gasteiger partial charge is 0.160 e. The first-order valence-corrected chi connectivity index (χ1v) is 6.00. The van der Waals surface area contributed by atoms with Gasteiger partial charge in [-0.2, -0.15) is 0 Å². The Morgan fingerprint density at radius 3 is 2.60 bits per heavy atom. The maximum atomic E-state index is 13.2. The third-order valence-electron chi connectivity index (χ3n) is 2.96. The van der Waals surface area contributed by atoms with Gasteiger partial charge in [-0.25, -0.2) is 8.78 Å². The topological polar surface area (TPSA) is 50.9 Å². The molecule has 0 saturated carbocycles. The lowest BCUT2D eigenvalue weighted by Crippen LogP contribution is -1.95. The number of nitrogen functional groups attached to an aromatic ring is 1. The molecule has 0 aliphatic carbocycles. The van der Waals surface area contributed by atoms with Gasteiger partial charge in [-0.1, -0.05) is 0 Å². The van der Waals surface area contributed by atoms with Crippen molar-refractivity contribution >= 4 is 28.0 Å². The molecule has 100 valence electrons. The summed E-state index contributed by atoms with van der Waals surface area (Å²) in [5, 5.41) is 3.86. The monoisotopic (exact) mass is 271 g/mol. The van der Waals surface area contributed by atoms with Gasteiger partial charge in [0.15, 0.2) is 11.6 Å². The highest BCUT2D eigenvalue weighted by Crippen LogP contribution is 2.27. The standard InChI is InChI=1S/C15H11F2N3/c16-12-3-2-10(8-13(12)17)20-15-5-6-19-14-4-1-9(18)7-11(14)15/h1-8H,18H2,(H,19,20). The highest BCUT2D eigenvalue weighted by atomic mass is 19.2. The molecule has 0 unspecified atom stereocenters. The van der Waals surface area contributed by atoms with Gasteiger partial charge in [0.2, 0.25) is 0 Å². The van der Waals surface area contributed by atoms with Crippen molar-refractivity contribution in [1.29, 1.82) is 0 Å². The summed E-state index contributed by atoms with van der Waals surface area (Å²) in [5.41, 5.74) is 8.33. The van der Waals surface area contributed by atoms with Gasteiger partial charge in [-0.05, 0) is 36.4 Å². The number of hydrogen-bond acceptors (Lipinski definition) is 3. The molecule has 0 radical (unpaired) electrons. The van der Waals surface area contributed by atoms with Crippen molar-refractivity contribution in [3.8, 4) is 0 Å². The second-order valence-corrected chi connectivity index (χ2v) is 4.39. The third-order valence-corrected chi connectivity index (χ3v) is 2.96. The Bertz CT molecular complexity index is 787. The van der Waals surface area contributed by atoms with Gasteiger partial charge in [-0.3, -0.25) is 4.98 Å². The summed E-state index contributed by atoms with van der Waals surface area (Å²) >= 11 is 0. The van der Waals surface area contributed by atoms with Crippen molar-refractivity contribution in [3.05, 3.63) is 60.3 Å². The molecule has 3 rings (SSSR count). The molecule has 0 atom stereocenters. The van der Waals surface area contributed by atoms with E-state index in [2.05, 4.69) is 10.3 Å². The van der Waals surface area contributed by atoms with Crippen LogP contribution in [0.2, 0.25) is 0 Å². The Morgan fingerprint density at radius 2 is 1.80 bits per heavy atom. The molecule has 20 heavy (non-hydrogen) atoms.